The fourth-order valence-corrected chi connectivity index (χ4v) is 1.46. The predicted octanol–water partition coefficient (Wildman–Crippen LogP) is 1.84. The quantitative estimate of drug-likeness (QED) is 0.669. The van der Waals surface area contributed by atoms with Crippen LogP contribution in [0, 0.1) is 6.92 Å². The summed E-state index contributed by atoms with van der Waals surface area (Å²) in [5, 5.41) is 10.2. The van der Waals surface area contributed by atoms with Gasteiger partial charge in [-0.25, -0.2) is 5.43 Å². The Morgan fingerprint density at radius 2 is 2.47 bits per heavy atom. The summed E-state index contributed by atoms with van der Waals surface area (Å²) in [6.45, 7) is 1.81. The third-order valence-corrected chi connectivity index (χ3v) is 2.32. The number of halogens is 1. The van der Waals surface area contributed by atoms with E-state index in [0.717, 1.165) is 5.69 Å². The molecular weight excluding hydrogens is 288 g/mol. The number of aryl methyl sites for hydroxylation is 1. The molecular formula is C10H9BrN4O2. The van der Waals surface area contributed by atoms with Gasteiger partial charge in [-0.05, 0) is 41.1 Å². The second-order valence-electron chi connectivity index (χ2n) is 3.28. The molecule has 2 N–H and O–H groups in total. The summed E-state index contributed by atoms with van der Waals surface area (Å²) in [6.07, 6.45) is 1.40. The van der Waals surface area contributed by atoms with E-state index >= 15 is 0 Å². The van der Waals surface area contributed by atoms with E-state index in [0.29, 0.717) is 16.1 Å². The molecule has 2 aromatic heterocycles. The Bertz CT molecular complexity index is 558. The fraction of sp³-hybridized carbons (Fsp3) is 0.100. The molecule has 6 nitrogen and oxygen atoms in total. The van der Waals surface area contributed by atoms with Gasteiger partial charge in [0, 0.05) is 5.69 Å². The standard InChI is InChI=1S/C10H9BrN4O2/c1-6-4-8(14-13-6)10(16)15-12-5-7-2-3-9(11)17-7/h2-5H,1H3,(H,13,14)(H,15,16)/b12-5+. The zero-order valence-corrected chi connectivity index (χ0v) is 10.5. The molecule has 0 aromatic carbocycles. The Kier molecular flexibility index (Phi) is 3.38. The molecule has 0 saturated carbocycles. The summed E-state index contributed by atoms with van der Waals surface area (Å²) in [4.78, 5) is 11.5. The van der Waals surface area contributed by atoms with Gasteiger partial charge in [-0.15, -0.1) is 0 Å². The maximum absolute atomic E-state index is 11.5. The van der Waals surface area contributed by atoms with E-state index in [1.807, 2.05) is 6.92 Å². The number of nitrogens with zero attached hydrogens (tertiary/aromatic N) is 2. The number of amides is 1. The normalized spacial score (nSPS) is 10.9. The first-order valence-electron chi connectivity index (χ1n) is 4.76. The van der Waals surface area contributed by atoms with Gasteiger partial charge in [-0.1, -0.05) is 0 Å². The maximum atomic E-state index is 11.5. The van der Waals surface area contributed by atoms with Crippen LogP contribution in [0.25, 0.3) is 0 Å². The smallest absolute Gasteiger partial charge is 0.291 e. The van der Waals surface area contributed by atoms with Crippen molar-refractivity contribution in [3.63, 3.8) is 0 Å². The highest BCUT2D eigenvalue weighted by Crippen LogP contribution is 2.11. The number of hydrogen-bond donors (Lipinski definition) is 2. The molecule has 0 aliphatic heterocycles. The van der Waals surface area contributed by atoms with E-state index in [4.69, 9.17) is 4.42 Å². The zero-order valence-electron chi connectivity index (χ0n) is 8.90. The van der Waals surface area contributed by atoms with Crippen LogP contribution in [-0.4, -0.2) is 22.3 Å². The van der Waals surface area contributed by atoms with Crippen molar-refractivity contribution in [2.75, 3.05) is 0 Å². The highest BCUT2D eigenvalue weighted by atomic mass is 79.9. The lowest BCUT2D eigenvalue weighted by Crippen LogP contribution is -2.17. The Balaban J connectivity index is 1.94. The van der Waals surface area contributed by atoms with E-state index in [9.17, 15) is 4.79 Å². The molecule has 2 rings (SSSR count). The molecule has 0 radical (unpaired) electrons. The van der Waals surface area contributed by atoms with Crippen LogP contribution >= 0.6 is 15.9 Å². The molecule has 7 heteroatoms. The number of hydrazone groups is 1. The van der Waals surface area contributed by atoms with Crippen LogP contribution in [0.3, 0.4) is 0 Å². The highest BCUT2D eigenvalue weighted by Gasteiger charge is 2.07. The van der Waals surface area contributed by atoms with Crippen molar-refractivity contribution >= 4 is 28.1 Å². The van der Waals surface area contributed by atoms with Crippen LogP contribution in [0.1, 0.15) is 21.9 Å². The fourth-order valence-electron chi connectivity index (χ4n) is 1.14. The van der Waals surface area contributed by atoms with Crippen LogP contribution in [-0.2, 0) is 0 Å². The number of H-pyrrole nitrogens is 1. The average molecular weight is 297 g/mol. The zero-order chi connectivity index (χ0) is 12.3. The topological polar surface area (TPSA) is 83.3 Å². The molecule has 0 aliphatic carbocycles. The van der Waals surface area contributed by atoms with Crippen molar-refractivity contribution in [1.29, 1.82) is 0 Å². The van der Waals surface area contributed by atoms with Crippen LogP contribution in [0.2, 0.25) is 0 Å². The largest absolute Gasteiger partial charge is 0.448 e. The van der Waals surface area contributed by atoms with Gasteiger partial charge in [0.1, 0.15) is 5.76 Å². The minimum Gasteiger partial charge on any atom is -0.448 e. The van der Waals surface area contributed by atoms with E-state index in [1.54, 1.807) is 18.2 Å². The summed E-state index contributed by atoms with van der Waals surface area (Å²) >= 11 is 3.16. The van der Waals surface area contributed by atoms with Gasteiger partial charge in [-0.3, -0.25) is 9.89 Å². The molecule has 88 valence electrons. The van der Waals surface area contributed by atoms with Crippen molar-refractivity contribution in [2.45, 2.75) is 6.92 Å². The summed E-state index contributed by atoms with van der Waals surface area (Å²) in [7, 11) is 0. The van der Waals surface area contributed by atoms with Crippen molar-refractivity contribution < 1.29 is 9.21 Å². The van der Waals surface area contributed by atoms with Crippen molar-refractivity contribution in [2.24, 2.45) is 5.10 Å². The molecule has 2 heterocycles. The number of nitrogens with one attached hydrogen (secondary N) is 2. The monoisotopic (exact) mass is 296 g/mol. The van der Waals surface area contributed by atoms with E-state index < -0.39 is 0 Å². The molecule has 0 aliphatic rings. The molecule has 1 amide bonds. The lowest BCUT2D eigenvalue weighted by atomic mass is 10.4. The van der Waals surface area contributed by atoms with E-state index in [2.05, 4.69) is 36.7 Å². The number of aromatic amines is 1. The second-order valence-corrected chi connectivity index (χ2v) is 4.06. The first-order valence-corrected chi connectivity index (χ1v) is 5.55. The van der Waals surface area contributed by atoms with Gasteiger partial charge in [0.25, 0.3) is 5.91 Å². The van der Waals surface area contributed by atoms with Crippen molar-refractivity contribution in [1.82, 2.24) is 15.6 Å². The molecule has 0 bridgehead atoms. The van der Waals surface area contributed by atoms with Gasteiger partial charge in [0.2, 0.25) is 0 Å². The number of carbonyl (C=O) groups is 1. The lowest BCUT2D eigenvalue weighted by Gasteiger charge is -1.93. The first kappa shape index (κ1) is 11.6. The number of hydrogen-bond acceptors (Lipinski definition) is 4. The van der Waals surface area contributed by atoms with Crippen molar-refractivity contribution in [3.05, 3.63) is 40.0 Å². The Morgan fingerprint density at radius 3 is 3.06 bits per heavy atom. The summed E-state index contributed by atoms with van der Waals surface area (Å²) in [5.74, 6) is 0.159. The molecule has 0 saturated heterocycles. The van der Waals surface area contributed by atoms with Gasteiger partial charge >= 0.3 is 0 Å². The van der Waals surface area contributed by atoms with Crippen LogP contribution < -0.4 is 5.43 Å². The Labute approximate surface area is 105 Å². The molecule has 0 unspecified atom stereocenters. The summed E-state index contributed by atoms with van der Waals surface area (Å²) < 4.78 is 5.77. The highest BCUT2D eigenvalue weighted by molar-refractivity contribution is 9.10. The third kappa shape index (κ3) is 3.04. The van der Waals surface area contributed by atoms with Crippen LogP contribution in [0.15, 0.2) is 32.4 Å². The average Bonchev–Trinajstić information content (AvgIpc) is 2.88. The molecule has 2 aromatic rings. The SMILES string of the molecule is Cc1cc(C(=O)N/N=C/c2ccc(Br)o2)n[nH]1. The summed E-state index contributed by atoms with van der Waals surface area (Å²) in [5.41, 5.74) is 3.45. The number of furan rings is 1. The maximum Gasteiger partial charge on any atom is 0.291 e. The second kappa shape index (κ2) is 4.96. The number of rotatable bonds is 3. The van der Waals surface area contributed by atoms with Gasteiger partial charge < -0.3 is 4.42 Å². The van der Waals surface area contributed by atoms with E-state index in [-0.39, 0.29) is 5.91 Å². The van der Waals surface area contributed by atoms with Gasteiger partial charge in [-0.2, -0.15) is 10.2 Å². The molecule has 17 heavy (non-hydrogen) atoms. The first-order chi connectivity index (χ1) is 8.15. The van der Waals surface area contributed by atoms with E-state index in [1.165, 1.54) is 6.21 Å². The number of carbonyl (C=O) groups excluding carboxylic acids is 1. The van der Waals surface area contributed by atoms with Crippen LogP contribution in [0.5, 0.6) is 0 Å². The number of aromatic nitrogens is 2. The van der Waals surface area contributed by atoms with Gasteiger partial charge in [0.05, 0.1) is 6.21 Å². The third-order valence-electron chi connectivity index (χ3n) is 1.89. The molecule has 0 spiro atoms. The minimum atomic E-state index is -0.378. The Hall–Kier alpha value is -1.89. The predicted molar refractivity (Wildman–Crippen MR) is 64.8 cm³/mol. The molecule has 0 atom stereocenters. The minimum absolute atomic E-state index is 0.292. The summed E-state index contributed by atoms with van der Waals surface area (Å²) in [6, 6.07) is 5.09. The van der Waals surface area contributed by atoms with Crippen LogP contribution in [0.4, 0.5) is 0 Å². The van der Waals surface area contributed by atoms with Gasteiger partial charge in [0.15, 0.2) is 10.4 Å². The Morgan fingerprint density at radius 1 is 1.65 bits per heavy atom. The molecule has 0 fully saturated rings. The lowest BCUT2D eigenvalue weighted by molar-refractivity contribution is 0.0950. The van der Waals surface area contributed by atoms with Crippen molar-refractivity contribution in [3.8, 4) is 0 Å².